The highest BCUT2D eigenvalue weighted by Gasteiger charge is 2.11. The topological polar surface area (TPSA) is 39.2 Å². The van der Waals surface area contributed by atoms with Gasteiger partial charge in [-0.3, -0.25) is 4.79 Å². The molecule has 0 atom stereocenters. The van der Waals surface area contributed by atoms with E-state index in [9.17, 15) is 4.79 Å². The molecule has 0 bridgehead atoms. The van der Waals surface area contributed by atoms with Gasteiger partial charge in [-0.15, -0.1) is 11.3 Å². The fraction of sp³-hybridized carbons (Fsp3) is 0.286. The number of hydrogen-bond acceptors (Lipinski definition) is 4. The Kier molecular flexibility index (Phi) is 3.77. The lowest BCUT2D eigenvalue weighted by Gasteiger charge is -2.06. The standard InChI is InChI=1S/C14H15NO2S/c1-9-4-5-13(17-3)11(6-9)12-8-18-14(15-12)7-10(2)16/h4-6,8H,7H2,1-3H3. The first-order valence-electron chi connectivity index (χ1n) is 5.69. The monoisotopic (exact) mass is 261 g/mol. The molecule has 0 radical (unpaired) electrons. The maximum atomic E-state index is 11.1. The summed E-state index contributed by atoms with van der Waals surface area (Å²) < 4.78 is 5.34. The lowest BCUT2D eigenvalue weighted by Crippen LogP contribution is -1.95. The molecular formula is C14H15NO2S. The van der Waals surface area contributed by atoms with Crippen LogP contribution in [-0.4, -0.2) is 17.9 Å². The molecule has 18 heavy (non-hydrogen) atoms. The van der Waals surface area contributed by atoms with Gasteiger partial charge in [0.05, 0.1) is 19.2 Å². The quantitative estimate of drug-likeness (QED) is 0.848. The fourth-order valence-corrected chi connectivity index (χ4v) is 2.62. The van der Waals surface area contributed by atoms with Crippen molar-refractivity contribution in [2.24, 2.45) is 0 Å². The predicted molar refractivity (Wildman–Crippen MR) is 73.2 cm³/mol. The summed E-state index contributed by atoms with van der Waals surface area (Å²) in [6, 6.07) is 5.99. The Bertz CT molecular complexity index is 575. The van der Waals surface area contributed by atoms with Crippen LogP contribution in [0.5, 0.6) is 5.75 Å². The summed E-state index contributed by atoms with van der Waals surface area (Å²) in [7, 11) is 1.65. The third kappa shape index (κ3) is 2.76. The number of benzene rings is 1. The minimum Gasteiger partial charge on any atom is -0.496 e. The van der Waals surface area contributed by atoms with E-state index in [1.165, 1.54) is 11.3 Å². The van der Waals surface area contributed by atoms with E-state index in [4.69, 9.17) is 4.74 Å². The molecule has 0 saturated carbocycles. The third-order valence-electron chi connectivity index (χ3n) is 2.58. The van der Waals surface area contributed by atoms with Crippen LogP contribution in [0.15, 0.2) is 23.6 Å². The second-order valence-electron chi connectivity index (χ2n) is 4.21. The van der Waals surface area contributed by atoms with E-state index < -0.39 is 0 Å². The highest BCUT2D eigenvalue weighted by Crippen LogP contribution is 2.31. The van der Waals surface area contributed by atoms with Crippen LogP contribution in [0.2, 0.25) is 0 Å². The van der Waals surface area contributed by atoms with Gasteiger partial charge in [0.2, 0.25) is 0 Å². The maximum Gasteiger partial charge on any atom is 0.136 e. The zero-order valence-electron chi connectivity index (χ0n) is 10.7. The number of Topliss-reactive ketones (excluding diaryl/α,β-unsaturated/α-hetero) is 1. The smallest absolute Gasteiger partial charge is 0.136 e. The van der Waals surface area contributed by atoms with Gasteiger partial charge in [-0.05, 0) is 26.0 Å². The molecule has 0 amide bonds. The summed E-state index contributed by atoms with van der Waals surface area (Å²) in [5.41, 5.74) is 3.01. The molecule has 0 saturated heterocycles. The number of nitrogens with zero attached hydrogens (tertiary/aromatic N) is 1. The van der Waals surface area contributed by atoms with Gasteiger partial charge in [0, 0.05) is 10.9 Å². The molecule has 1 aromatic heterocycles. The van der Waals surface area contributed by atoms with E-state index in [2.05, 4.69) is 4.98 Å². The van der Waals surface area contributed by atoms with E-state index >= 15 is 0 Å². The molecule has 0 aliphatic heterocycles. The highest BCUT2D eigenvalue weighted by molar-refractivity contribution is 7.10. The van der Waals surface area contributed by atoms with E-state index in [1.807, 2.05) is 30.5 Å². The molecule has 1 heterocycles. The van der Waals surface area contributed by atoms with Crippen molar-refractivity contribution >= 4 is 17.1 Å². The Morgan fingerprint density at radius 2 is 2.22 bits per heavy atom. The van der Waals surface area contributed by atoms with Crippen molar-refractivity contribution in [2.45, 2.75) is 20.3 Å². The minimum atomic E-state index is 0.132. The van der Waals surface area contributed by atoms with E-state index in [1.54, 1.807) is 14.0 Å². The Balaban J connectivity index is 2.38. The molecule has 0 aliphatic carbocycles. The summed E-state index contributed by atoms with van der Waals surface area (Å²) in [6.07, 6.45) is 0.402. The Morgan fingerprint density at radius 1 is 1.44 bits per heavy atom. The molecule has 0 aliphatic rings. The molecular weight excluding hydrogens is 246 g/mol. The number of hydrogen-bond donors (Lipinski definition) is 0. The predicted octanol–water partition coefficient (Wildman–Crippen LogP) is 3.26. The summed E-state index contributed by atoms with van der Waals surface area (Å²) >= 11 is 1.51. The lowest BCUT2D eigenvalue weighted by molar-refractivity contribution is -0.116. The number of carbonyl (C=O) groups excluding carboxylic acids is 1. The zero-order valence-corrected chi connectivity index (χ0v) is 11.5. The number of rotatable bonds is 4. The largest absolute Gasteiger partial charge is 0.496 e. The van der Waals surface area contributed by atoms with Gasteiger partial charge in [-0.1, -0.05) is 11.6 Å². The number of aryl methyl sites for hydroxylation is 1. The molecule has 3 nitrogen and oxygen atoms in total. The fourth-order valence-electron chi connectivity index (χ4n) is 1.75. The first-order chi connectivity index (χ1) is 8.60. The van der Waals surface area contributed by atoms with Gasteiger partial charge in [0.1, 0.15) is 16.5 Å². The number of aromatic nitrogens is 1. The number of carbonyl (C=O) groups is 1. The summed E-state index contributed by atoms with van der Waals surface area (Å²) in [4.78, 5) is 15.6. The molecule has 0 unspecified atom stereocenters. The van der Waals surface area contributed by atoms with Crippen LogP contribution in [0.1, 0.15) is 17.5 Å². The second-order valence-corrected chi connectivity index (χ2v) is 5.15. The van der Waals surface area contributed by atoms with E-state index in [0.717, 1.165) is 27.6 Å². The van der Waals surface area contributed by atoms with Crippen LogP contribution < -0.4 is 4.74 Å². The first kappa shape index (κ1) is 12.8. The van der Waals surface area contributed by atoms with Crippen molar-refractivity contribution in [1.29, 1.82) is 0 Å². The number of ketones is 1. The summed E-state index contributed by atoms with van der Waals surface area (Å²) in [5, 5.41) is 2.82. The first-order valence-corrected chi connectivity index (χ1v) is 6.57. The number of methoxy groups -OCH3 is 1. The van der Waals surface area contributed by atoms with Crippen molar-refractivity contribution in [1.82, 2.24) is 4.98 Å². The number of thiazole rings is 1. The second kappa shape index (κ2) is 5.31. The van der Waals surface area contributed by atoms with Gasteiger partial charge in [-0.25, -0.2) is 4.98 Å². The van der Waals surface area contributed by atoms with Gasteiger partial charge >= 0.3 is 0 Å². The Labute approximate surface area is 110 Å². The molecule has 2 aromatic rings. The van der Waals surface area contributed by atoms with Gasteiger partial charge < -0.3 is 4.74 Å². The third-order valence-corrected chi connectivity index (χ3v) is 3.43. The van der Waals surface area contributed by atoms with Crippen LogP contribution in [0.3, 0.4) is 0 Å². The Hall–Kier alpha value is -1.68. The van der Waals surface area contributed by atoms with Crippen LogP contribution in [0.4, 0.5) is 0 Å². The average Bonchev–Trinajstić information content (AvgIpc) is 2.76. The van der Waals surface area contributed by atoms with Crippen molar-refractivity contribution < 1.29 is 9.53 Å². The van der Waals surface area contributed by atoms with E-state index in [0.29, 0.717) is 6.42 Å². The average molecular weight is 261 g/mol. The molecule has 2 rings (SSSR count). The van der Waals surface area contributed by atoms with Gasteiger partial charge in [0.25, 0.3) is 0 Å². The molecule has 0 spiro atoms. The van der Waals surface area contributed by atoms with Crippen LogP contribution in [0.25, 0.3) is 11.3 Å². The van der Waals surface area contributed by atoms with Gasteiger partial charge in [0.15, 0.2) is 0 Å². The van der Waals surface area contributed by atoms with Crippen molar-refractivity contribution in [3.05, 3.63) is 34.2 Å². The molecule has 0 N–H and O–H groups in total. The Morgan fingerprint density at radius 3 is 2.89 bits per heavy atom. The van der Waals surface area contributed by atoms with E-state index in [-0.39, 0.29) is 5.78 Å². The summed E-state index contributed by atoms with van der Waals surface area (Å²) in [5.74, 6) is 0.937. The SMILES string of the molecule is COc1ccc(C)cc1-c1csc(CC(C)=O)n1. The zero-order chi connectivity index (χ0) is 13.1. The molecule has 4 heteroatoms. The molecule has 1 aromatic carbocycles. The minimum absolute atomic E-state index is 0.132. The van der Waals surface area contributed by atoms with Crippen molar-refractivity contribution in [3.8, 4) is 17.0 Å². The number of ether oxygens (including phenoxy) is 1. The maximum absolute atomic E-state index is 11.1. The van der Waals surface area contributed by atoms with Crippen LogP contribution in [-0.2, 0) is 11.2 Å². The van der Waals surface area contributed by atoms with Gasteiger partial charge in [-0.2, -0.15) is 0 Å². The van der Waals surface area contributed by atoms with Crippen molar-refractivity contribution in [2.75, 3.05) is 7.11 Å². The highest BCUT2D eigenvalue weighted by atomic mass is 32.1. The molecule has 94 valence electrons. The van der Waals surface area contributed by atoms with Crippen molar-refractivity contribution in [3.63, 3.8) is 0 Å². The summed E-state index contributed by atoms with van der Waals surface area (Å²) in [6.45, 7) is 3.61. The van der Waals surface area contributed by atoms with Crippen LogP contribution >= 0.6 is 11.3 Å². The molecule has 0 fully saturated rings. The normalized spacial score (nSPS) is 10.4. The lowest BCUT2D eigenvalue weighted by atomic mass is 10.1. The van der Waals surface area contributed by atoms with Crippen LogP contribution in [0, 0.1) is 6.92 Å².